The number of rotatable bonds is 5. The van der Waals surface area contributed by atoms with E-state index < -0.39 is 0 Å². The second-order valence-electron chi connectivity index (χ2n) is 5.92. The summed E-state index contributed by atoms with van der Waals surface area (Å²) in [5, 5.41) is 9.72. The Morgan fingerprint density at radius 1 is 1.36 bits per heavy atom. The molecule has 6 nitrogen and oxygen atoms in total. The normalized spacial score (nSPS) is 17.4. The van der Waals surface area contributed by atoms with Crippen LogP contribution in [0.15, 0.2) is 18.3 Å². The van der Waals surface area contributed by atoms with Gasteiger partial charge in [-0.1, -0.05) is 6.92 Å². The van der Waals surface area contributed by atoms with Crippen molar-refractivity contribution in [1.82, 2.24) is 14.8 Å². The predicted octanol–water partition coefficient (Wildman–Crippen LogP) is 0.676. The second kappa shape index (κ2) is 7.56. The Morgan fingerprint density at radius 2 is 2.05 bits per heavy atom. The van der Waals surface area contributed by atoms with E-state index in [1.54, 1.807) is 12.3 Å². The Balaban J connectivity index is 1.98. The topological polar surface area (TPSA) is 59.9 Å². The quantitative estimate of drug-likeness (QED) is 0.867. The van der Waals surface area contributed by atoms with Crippen molar-refractivity contribution in [2.24, 2.45) is 0 Å². The van der Waals surface area contributed by atoms with Crippen molar-refractivity contribution in [3.8, 4) is 0 Å². The standard InChI is InChI=1S/C16H26N4O2/c1-4-13(21)12-19-8-10-20(11-9-19)16(22)14-6-5-7-17-15(14)18(2)3/h5-7,13,21H,4,8-12H2,1-3H3/t13-/m1/s1. The van der Waals surface area contributed by atoms with Crippen LogP contribution in [0.2, 0.25) is 0 Å². The van der Waals surface area contributed by atoms with Crippen LogP contribution in [-0.2, 0) is 0 Å². The van der Waals surface area contributed by atoms with Crippen molar-refractivity contribution < 1.29 is 9.90 Å². The zero-order valence-corrected chi connectivity index (χ0v) is 13.7. The summed E-state index contributed by atoms with van der Waals surface area (Å²) in [5.41, 5.74) is 0.648. The SMILES string of the molecule is CC[C@@H](O)CN1CCN(C(=O)c2cccnc2N(C)C)CC1. The molecule has 1 aliphatic rings. The van der Waals surface area contributed by atoms with Crippen LogP contribution in [0.5, 0.6) is 0 Å². The van der Waals surface area contributed by atoms with Crippen LogP contribution in [0, 0.1) is 0 Å². The third-order valence-corrected chi connectivity index (χ3v) is 4.04. The molecule has 0 aromatic carbocycles. The summed E-state index contributed by atoms with van der Waals surface area (Å²) < 4.78 is 0. The molecule has 1 aliphatic heterocycles. The lowest BCUT2D eigenvalue weighted by Crippen LogP contribution is -2.50. The maximum atomic E-state index is 12.7. The molecule has 1 amide bonds. The lowest BCUT2D eigenvalue weighted by atomic mass is 10.2. The fourth-order valence-electron chi connectivity index (χ4n) is 2.65. The molecule has 122 valence electrons. The number of aliphatic hydroxyl groups excluding tert-OH is 1. The third-order valence-electron chi connectivity index (χ3n) is 4.04. The summed E-state index contributed by atoms with van der Waals surface area (Å²) in [6, 6.07) is 3.63. The molecule has 1 aromatic heterocycles. The molecular weight excluding hydrogens is 280 g/mol. The Hall–Kier alpha value is -1.66. The first kappa shape index (κ1) is 16.7. The number of amides is 1. The first-order valence-corrected chi connectivity index (χ1v) is 7.85. The number of hydrogen-bond donors (Lipinski definition) is 1. The molecule has 1 aromatic rings. The van der Waals surface area contributed by atoms with Crippen LogP contribution >= 0.6 is 0 Å². The lowest BCUT2D eigenvalue weighted by molar-refractivity contribution is 0.0524. The van der Waals surface area contributed by atoms with Crippen LogP contribution in [0.25, 0.3) is 0 Å². The number of hydrogen-bond acceptors (Lipinski definition) is 5. The zero-order chi connectivity index (χ0) is 16.1. The number of anilines is 1. The number of β-amino-alcohol motifs (C(OH)–C–C–N with tert-alkyl or cyclic N) is 1. The Labute approximate surface area is 132 Å². The highest BCUT2D eigenvalue weighted by molar-refractivity contribution is 5.98. The molecule has 0 spiro atoms. The van der Waals surface area contributed by atoms with E-state index in [2.05, 4.69) is 9.88 Å². The lowest BCUT2D eigenvalue weighted by Gasteiger charge is -2.35. The molecule has 0 unspecified atom stereocenters. The Kier molecular flexibility index (Phi) is 5.74. The van der Waals surface area contributed by atoms with E-state index in [4.69, 9.17) is 0 Å². The van der Waals surface area contributed by atoms with Gasteiger partial charge in [0.05, 0.1) is 11.7 Å². The predicted molar refractivity (Wildman–Crippen MR) is 87.2 cm³/mol. The summed E-state index contributed by atoms with van der Waals surface area (Å²) in [5.74, 6) is 0.740. The number of nitrogens with zero attached hydrogens (tertiary/aromatic N) is 4. The number of pyridine rings is 1. The number of aromatic nitrogens is 1. The van der Waals surface area contributed by atoms with Gasteiger partial charge < -0.3 is 14.9 Å². The van der Waals surface area contributed by atoms with Gasteiger partial charge in [0.15, 0.2) is 0 Å². The van der Waals surface area contributed by atoms with Crippen LogP contribution < -0.4 is 4.90 Å². The van der Waals surface area contributed by atoms with Crippen LogP contribution in [0.3, 0.4) is 0 Å². The molecule has 22 heavy (non-hydrogen) atoms. The van der Waals surface area contributed by atoms with E-state index in [0.717, 1.165) is 19.5 Å². The molecule has 1 N–H and O–H groups in total. The Morgan fingerprint density at radius 3 is 2.64 bits per heavy atom. The first-order valence-electron chi connectivity index (χ1n) is 7.85. The molecule has 6 heteroatoms. The van der Waals surface area contributed by atoms with Gasteiger partial charge in [-0.25, -0.2) is 4.98 Å². The van der Waals surface area contributed by atoms with Gasteiger partial charge in [-0.3, -0.25) is 9.69 Å². The fraction of sp³-hybridized carbons (Fsp3) is 0.625. The van der Waals surface area contributed by atoms with Crippen molar-refractivity contribution in [1.29, 1.82) is 0 Å². The van der Waals surface area contributed by atoms with Crippen LogP contribution in [-0.4, -0.2) is 78.7 Å². The second-order valence-corrected chi connectivity index (χ2v) is 5.92. The first-order chi connectivity index (χ1) is 10.5. The summed E-state index contributed by atoms with van der Waals surface area (Å²) in [6.07, 6.45) is 2.19. The van der Waals surface area contributed by atoms with E-state index in [-0.39, 0.29) is 12.0 Å². The minimum Gasteiger partial charge on any atom is -0.392 e. The van der Waals surface area contributed by atoms with Crippen molar-refractivity contribution in [2.45, 2.75) is 19.4 Å². The molecule has 1 saturated heterocycles. The number of carbonyl (C=O) groups excluding carboxylic acids is 1. The molecule has 2 rings (SSSR count). The molecular formula is C16H26N4O2. The van der Waals surface area contributed by atoms with Crippen molar-refractivity contribution in [2.75, 3.05) is 51.7 Å². The van der Waals surface area contributed by atoms with Gasteiger partial charge in [0.2, 0.25) is 0 Å². The molecule has 0 radical (unpaired) electrons. The van der Waals surface area contributed by atoms with Gasteiger partial charge in [-0.05, 0) is 18.6 Å². The van der Waals surface area contributed by atoms with Gasteiger partial charge in [0.25, 0.3) is 5.91 Å². The highest BCUT2D eigenvalue weighted by Crippen LogP contribution is 2.18. The minimum atomic E-state index is -0.277. The van der Waals surface area contributed by atoms with E-state index in [0.29, 0.717) is 31.0 Å². The average Bonchev–Trinajstić information content (AvgIpc) is 2.54. The van der Waals surface area contributed by atoms with E-state index in [9.17, 15) is 9.90 Å². The molecule has 1 atom stereocenters. The maximum Gasteiger partial charge on any atom is 0.257 e. The average molecular weight is 306 g/mol. The highest BCUT2D eigenvalue weighted by atomic mass is 16.3. The maximum absolute atomic E-state index is 12.7. The van der Waals surface area contributed by atoms with Crippen molar-refractivity contribution >= 4 is 11.7 Å². The molecule has 0 saturated carbocycles. The number of aliphatic hydroxyl groups is 1. The summed E-state index contributed by atoms with van der Waals surface area (Å²) in [7, 11) is 3.78. The largest absolute Gasteiger partial charge is 0.392 e. The molecule has 0 aliphatic carbocycles. The third kappa shape index (κ3) is 3.96. The van der Waals surface area contributed by atoms with Gasteiger partial charge in [-0.2, -0.15) is 0 Å². The van der Waals surface area contributed by atoms with Crippen LogP contribution in [0.1, 0.15) is 23.7 Å². The Bertz CT molecular complexity index is 499. The van der Waals surface area contributed by atoms with E-state index >= 15 is 0 Å². The smallest absolute Gasteiger partial charge is 0.257 e. The van der Waals surface area contributed by atoms with E-state index in [1.165, 1.54) is 0 Å². The minimum absolute atomic E-state index is 0.0347. The summed E-state index contributed by atoms with van der Waals surface area (Å²) >= 11 is 0. The van der Waals surface area contributed by atoms with Crippen LogP contribution in [0.4, 0.5) is 5.82 Å². The summed E-state index contributed by atoms with van der Waals surface area (Å²) in [6.45, 7) is 5.67. The fourth-order valence-corrected chi connectivity index (χ4v) is 2.65. The molecule has 1 fully saturated rings. The van der Waals surface area contributed by atoms with E-state index in [1.807, 2.05) is 36.9 Å². The summed E-state index contributed by atoms with van der Waals surface area (Å²) in [4.78, 5) is 22.9. The van der Waals surface area contributed by atoms with Crippen molar-refractivity contribution in [3.63, 3.8) is 0 Å². The number of carbonyl (C=O) groups is 1. The highest BCUT2D eigenvalue weighted by Gasteiger charge is 2.25. The van der Waals surface area contributed by atoms with Gasteiger partial charge >= 0.3 is 0 Å². The molecule has 2 heterocycles. The molecule has 0 bridgehead atoms. The van der Waals surface area contributed by atoms with Gasteiger partial charge in [-0.15, -0.1) is 0 Å². The zero-order valence-electron chi connectivity index (χ0n) is 13.7. The van der Waals surface area contributed by atoms with Crippen molar-refractivity contribution in [3.05, 3.63) is 23.9 Å². The number of piperazine rings is 1. The van der Waals surface area contributed by atoms with Gasteiger partial charge in [0.1, 0.15) is 5.82 Å². The van der Waals surface area contributed by atoms with Gasteiger partial charge in [0, 0.05) is 53.0 Å². The monoisotopic (exact) mass is 306 g/mol.